The second kappa shape index (κ2) is 5.81. The van der Waals surface area contributed by atoms with Crippen LogP contribution in [0.1, 0.15) is 22.7 Å². The molecule has 0 spiro atoms. The van der Waals surface area contributed by atoms with Crippen molar-refractivity contribution >= 4 is 0 Å². The Bertz CT molecular complexity index is 636. The molecule has 2 N–H and O–H groups in total. The fraction of sp³-hybridized carbons (Fsp3) is 0.200. The molecule has 2 aromatic carbocycles. The van der Waals surface area contributed by atoms with E-state index in [1.807, 2.05) is 0 Å². The van der Waals surface area contributed by atoms with Crippen molar-refractivity contribution in [2.75, 3.05) is 0 Å². The van der Waals surface area contributed by atoms with Crippen LogP contribution < -0.4 is 5.73 Å². The predicted molar refractivity (Wildman–Crippen MR) is 68.4 cm³/mol. The predicted octanol–water partition coefficient (Wildman–Crippen LogP) is 4.23. The molecule has 0 saturated carbocycles. The maximum Gasteiger partial charge on any atom is 0.416 e. The number of alkyl halides is 3. The van der Waals surface area contributed by atoms with Crippen LogP contribution >= 0.6 is 0 Å². The number of nitrogens with two attached hydrogens (primary N) is 1. The standard InChI is InChI=1S/C15H12F5N/c16-12-5-4-9(13(17)8-12)7-14(21)10-2-1-3-11(6-10)15(18,19)20/h1-6,8,14H,7,21H2. The van der Waals surface area contributed by atoms with Gasteiger partial charge < -0.3 is 5.73 Å². The maximum atomic E-state index is 13.5. The third-order valence-electron chi connectivity index (χ3n) is 3.10. The highest BCUT2D eigenvalue weighted by atomic mass is 19.4. The van der Waals surface area contributed by atoms with Crippen LogP contribution in [0.15, 0.2) is 42.5 Å². The molecule has 1 nitrogen and oxygen atoms in total. The molecule has 21 heavy (non-hydrogen) atoms. The minimum Gasteiger partial charge on any atom is -0.324 e. The molecule has 2 rings (SSSR count). The second-order valence-electron chi connectivity index (χ2n) is 4.67. The van der Waals surface area contributed by atoms with Gasteiger partial charge in [-0.2, -0.15) is 13.2 Å². The van der Waals surface area contributed by atoms with Crippen LogP contribution in [0, 0.1) is 11.6 Å². The molecule has 0 aliphatic heterocycles. The van der Waals surface area contributed by atoms with Crippen molar-refractivity contribution in [1.82, 2.24) is 0 Å². The van der Waals surface area contributed by atoms with Gasteiger partial charge in [-0.3, -0.25) is 0 Å². The van der Waals surface area contributed by atoms with Crippen molar-refractivity contribution in [3.63, 3.8) is 0 Å². The monoisotopic (exact) mass is 301 g/mol. The molecule has 6 heteroatoms. The molecule has 0 heterocycles. The molecule has 112 valence electrons. The molecule has 0 aromatic heterocycles. The summed E-state index contributed by atoms with van der Waals surface area (Å²) in [7, 11) is 0. The molecule has 0 radical (unpaired) electrons. The summed E-state index contributed by atoms with van der Waals surface area (Å²) in [6, 6.07) is 6.79. The van der Waals surface area contributed by atoms with Gasteiger partial charge in [0.25, 0.3) is 0 Å². The van der Waals surface area contributed by atoms with Crippen LogP contribution in [-0.2, 0) is 12.6 Å². The highest BCUT2D eigenvalue weighted by molar-refractivity contribution is 5.30. The van der Waals surface area contributed by atoms with Gasteiger partial charge in [-0.1, -0.05) is 18.2 Å². The van der Waals surface area contributed by atoms with E-state index in [0.717, 1.165) is 18.2 Å². The number of hydrogen-bond acceptors (Lipinski definition) is 1. The first-order valence-corrected chi connectivity index (χ1v) is 6.14. The lowest BCUT2D eigenvalue weighted by molar-refractivity contribution is -0.137. The van der Waals surface area contributed by atoms with Crippen LogP contribution in [0.2, 0.25) is 0 Å². The van der Waals surface area contributed by atoms with E-state index in [2.05, 4.69) is 0 Å². The van der Waals surface area contributed by atoms with Crippen molar-refractivity contribution in [2.24, 2.45) is 5.73 Å². The van der Waals surface area contributed by atoms with Gasteiger partial charge >= 0.3 is 6.18 Å². The summed E-state index contributed by atoms with van der Waals surface area (Å²) in [5.41, 5.74) is 5.41. The van der Waals surface area contributed by atoms with Gasteiger partial charge in [0.05, 0.1) is 5.56 Å². The first-order chi connectivity index (χ1) is 9.77. The largest absolute Gasteiger partial charge is 0.416 e. The molecule has 0 fully saturated rings. The number of rotatable bonds is 3. The number of hydrogen-bond donors (Lipinski definition) is 1. The summed E-state index contributed by atoms with van der Waals surface area (Å²) in [4.78, 5) is 0. The third-order valence-corrected chi connectivity index (χ3v) is 3.10. The average Bonchev–Trinajstić information content (AvgIpc) is 2.41. The molecule has 0 saturated heterocycles. The highest BCUT2D eigenvalue weighted by Crippen LogP contribution is 2.31. The molecule has 0 aliphatic rings. The maximum absolute atomic E-state index is 13.5. The Kier molecular flexibility index (Phi) is 4.27. The normalized spacial score (nSPS) is 13.2. The molecule has 0 bridgehead atoms. The molecule has 0 aliphatic carbocycles. The van der Waals surface area contributed by atoms with Gasteiger partial charge in [-0.05, 0) is 35.7 Å². The van der Waals surface area contributed by atoms with Gasteiger partial charge in [0.1, 0.15) is 11.6 Å². The third kappa shape index (κ3) is 3.78. The zero-order valence-corrected chi connectivity index (χ0v) is 10.8. The van der Waals surface area contributed by atoms with E-state index in [4.69, 9.17) is 5.73 Å². The quantitative estimate of drug-likeness (QED) is 0.844. The molecular weight excluding hydrogens is 289 g/mol. The van der Waals surface area contributed by atoms with Crippen LogP contribution in [-0.4, -0.2) is 0 Å². The van der Waals surface area contributed by atoms with Crippen LogP contribution in [0.4, 0.5) is 22.0 Å². The van der Waals surface area contributed by atoms with Gasteiger partial charge in [0, 0.05) is 12.1 Å². The summed E-state index contributed by atoms with van der Waals surface area (Å²) < 4.78 is 64.2. The van der Waals surface area contributed by atoms with E-state index in [1.54, 1.807) is 0 Å². The Morgan fingerprint density at radius 2 is 1.71 bits per heavy atom. The van der Waals surface area contributed by atoms with Crippen LogP contribution in [0.3, 0.4) is 0 Å². The summed E-state index contributed by atoms with van der Waals surface area (Å²) in [5, 5.41) is 0. The molecule has 1 unspecified atom stereocenters. The Morgan fingerprint density at radius 3 is 2.33 bits per heavy atom. The van der Waals surface area contributed by atoms with Crippen LogP contribution in [0.5, 0.6) is 0 Å². The van der Waals surface area contributed by atoms with E-state index in [9.17, 15) is 22.0 Å². The van der Waals surface area contributed by atoms with Gasteiger partial charge in [-0.25, -0.2) is 8.78 Å². The topological polar surface area (TPSA) is 26.0 Å². The molecular formula is C15H12F5N. The molecule has 2 aromatic rings. The van der Waals surface area contributed by atoms with E-state index in [-0.39, 0.29) is 17.5 Å². The Labute approximate surface area is 118 Å². The number of halogens is 5. The fourth-order valence-electron chi connectivity index (χ4n) is 1.99. The second-order valence-corrected chi connectivity index (χ2v) is 4.67. The Balaban J connectivity index is 2.22. The zero-order chi connectivity index (χ0) is 15.6. The Morgan fingerprint density at radius 1 is 1.00 bits per heavy atom. The van der Waals surface area contributed by atoms with E-state index in [1.165, 1.54) is 18.2 Å². The molecule has 0 amide bonds. The minimum atomic E-state index is -4.46. The van der Waals surface area contributed by atoms with E-state index >= 15 is 0 Å². The van der Waals surface area contributed by atoms with Crippen molar-refractivity contribution < 1.29 is 22.0 Å². The lowest BCUT2D eigenvalue weighted by Gasteiger charge is -2.15. The van der Waals surface area contributed by atoms with Crippen LogP contribution in [0.25, 0.3) is 0 Å². The zero-order valence-electron chi connectivity index (χ0n) is 10.8. The van der Waals surface area contributed by atoms with Gasteiger partial charge in [0.15, 0.2) is 0 Å². The van der Waals surface area contributed by atoms with E-state index < -0.39 is 29.4 Å². The van der Waals surface area contributed by atoms with Crippen molar-refractivity contribution in [2.45, 2.75) is 18.6 Å². The average molecular weight is 301 g/mol. The van der Waals surface area contributed by atoms with Crippen molar-refractivity contribution in [3.05, 3.63) is 70.8 Å². The van der Waals surface area contributed by atoms with Gasteiger partial charge in [-0.15, -0.1) is 0 Å². The summed E-state index contributed by atoms with van der Waals surface area (Å²) in [6.07, 6.45) is -4.48. The summed E-state index contributed by atoms with van der Waals surface area (Å²) in [6.45, 7) is 0. The first kappa shape index (κ1) is 15.4. The van der Waals surface area contributed by atoms with E-state index in [0.29, 0.717) is 6.07 Å². The SMILES string of the molecule is NC(Cc1ccc(F)cc1F)c1cccc(C(F)(F)F)c1. The highest BCUT2D eigenvalue weighted by Gasteiger charge is 2.30. The minimum absolute atomic E-state index is 0.0204. The number of benzene rings is 2. The smallest absolute Gasteiger partial charge is 0.324 e. The Hall–Kier alpha value is -1.95. The van der Waals surface area contributed by atoms with Crippen molar-refractivity contribution in [1.29, 1.82) is 0 Å². The first-order valence-electron chi connectivity index (χ1n) is 6.14. The summed E-state index contributed by atoms with van der Waals surface area (Å²) >= 11 is 0. The van der Waals surface area contributed by atoms with Gasteiger partial charge in [0.2, 0.25) is 0 Å². The lowest BCUT2D eigenvalue weighted by atomic mass is 9.97. The lowest BCUT2D eigenvalue weighted by Crippen LogP contribution is -2.15. The molecule has 1 atom stereocenters. The summed E-state index contributed by atoms with van der Waals surface area (Å²) in [5.74, 6) is -1.48. The van der Waals surface area contributed by atoms with Crippen molar-refractivity contribution in [3.8, 4) is 0 Å². The fourth-order valence-corrected chi connectivity index (χ4v) is 1.99.